The van der Waals surface area contributed by atoms with Crippen LogP contribution >= 0.6 is 23.1 Å². The van der Waals surface area contributed by atoms with Crippen LogP contribution < -0.4 is 5.32 Å². The molecule has 0 bridgehead atoms. The molecule has 0 spiro atoms. The zero-order chi connectivity index (χ0) is 11.8. The molecule has 3 nitrogen and oxygen atoms in total. The standard InChI is InChI=1S/C11H14N2OS2/c1-3-5-6-7-12-10(14)9-8-13-11(16-9)15-4-2/h1,8H,4-7H2,2H3,(H,12,14). The molecule has 0 saturated heterocycles. The molecule has 1 amide bonds. The van der Waals surface area contributed by atoms with E-state index in [0.29, 0.717) is 17.8 Å². The summed E-state index contributed by atoms with van der Waals surface area (Å²) in [4.78, 5) is 16.4. The van der Waals surface area contributed by atoms with E-state index < -0.39 is 0 Å². The molecule has 5 heteroatoms. The van der Waals surface area contributed by atoms with Crippen LogP contribution in [0.1, 0.15) is 29.4 Å². The Morgan fingerprint density at radius 3 is 3.25 bits per heavy atom. The van der Waals surface area contributed by atoms with Crippen molar-refractivity contribution >= 4 is 29.0 Å². The molecule has 0 fully saturated rings. The van der Waals surface area contributed by atoms with Crippen molar-refractivity contribution in [2.45, 2.75) is 24.1 Å². The van der Waals surface area contributed by atoms with Crippen molar-refractivity contribution < 1.29 is 4.79 Å². The lowest BCUT2D eigenvalue weighted by Crippen LogP contribution is -2.23. The van der Waals surface area contributed by atoms with Crippen molar-refractivity contribution in [1.29, 1.82) is 0 Å². The Labute approximate surface area is 104 Å². The molecule has 0 aliphatic rings. The number of hydrogen-bond acceptors (Lipinski definition) is 4. The van der Waals surface area contributed by atoms with Gasteiger partial charge in [0.25, 0.3) is 5.91 Å². The van der Waals surface area contributed by atoms with E-state index in [-0.39, 0.29) is 5.91 Å². The Kier molecular flexibility index (Phi) is 5.98. The molecule has 0 radical (unpaired) electrons. The molecule has 16 heavy (non-hydrogen) atoms. The number of rotatable bonds is 6. The van der Waals surface area contributed by atoms with E-state index in [2.05, 4.69) is 23.1 Å². The molecule has 1 aromatic heterocycles. The van der Waals surface area contributed by atoms with E-state index in [4.69, 9.17) is 6.42 Å². The zero-order valence-electron chi connectivity index (χ0n) is 9.16. The van der Waals surface area contributed by atoms with Crippen LogP contribution in [-0.2, 0) is 0 Å². The lowest BCUT2D eigenvalue weighted by molar-refractivity contribution is 0.0957. The van der Waals surface area contributed by atoms with Gasteiger partial charge in [-0.3, -0.25) is 4.79 Å². The Balaban J connectivity index is 2.38. The number of thioether (sulfide) groups is 1. The van der Waals surface area contributed by atoms with Crippen LogP contribution in [0.3, 0.4) is 0 Å². The first-order valence-electron chi connectivity index (χ1n) is 5.08. The number of unbranched alkanes of at least 4 members (excludes halogenated alkanes) is 1. The Hall–Kier alpha value is -0.990. The summed E-state index contributed by atoms with van der Waals surface area (Å²) >= 11 is 3.08. The van der Waals surface area contributed by atoms with Crippen molar-refractivity contribution in [2.75, 3.05) is 12.3 Å². The van der Waals surface area contributed by atoms with Gasteiger partial charge in [-0.1, -0.05) is 18.7 Å². The number of terminal acetylenes is 1. The van der Waals surface area contributed by atoms with E-state index in [0.717, 1.165) is 16.5 Å². The lowest BCUT2D eigenvalue weighted by atomic mass is 10.3. The van der Waals surface area contributed by atoms with Gasteiger partial charge in [0, 0.05) is 13.0 Å². The van der Waals surface area contributed by atoms with E-state index >= 15 is 0 Å². The normalized spacial score (nSPS) is 9.75. The quantitative estimate of drug-likeness (QED) is 0.481. The van der Waals surface area contributed by atoms with Crippen molar-refractivity contribution in [3.8, 4) is 12.3 Å². The average Bonchev–Trinajstić information content (AvgIpc) is 2.73. The first-order valence-corrected chi connectivity index (χ1v) is 6.88. The molecule has 0 saturated carbocycles. The molecule has 1 rings (SSSR count). The molecule has 86 valence electrons. The maximum Gasteiger partial charge on any atom is 0.263 e. The summed E-state index contributed by atoms with van der Waals surface area (Å²) in [6.07, 6.45) is 8.26. The summed E-state index contributed by atoms with van der Waals surface area (Å²) in [6, 6.07) is 0. The van der Waals surface area contributed by atoms with E-state index in [9.17, 15) is 4.79 Å². The molecule has 1 N–H and O–H groups in total. The summed E-state index contributed by atoms with van der Waals surface area (Å²) in [5, 5.41) is 2.82. The first kappa shape index (κ1) is 13.1. The predicted octanol–water partition coefficient (Wildman–Crippen LogP) is 2.40. The third-order valence-corrected chi connectivity index (χ3v) is 3.79. The van der Waals surface area contributed by atoms with Crippen LogP contribution in [0.25, 0.3) is 0 Å². The number of aromatic nitrogens is 1. The number of amides is 1. The third-order valence-electron chi connectivity index (χ3n) is 1.76. The topological polar surface area (TPSA) is 42.0 Å². The molecule has 0 aromatic carbocycles. The second-order valence-corrected chi connectivity index (χ2v) is 5.53. The van der Waals surface area contributed by atoms with Crippen molar-refractivity contribution in [3.63, 3.8) is 0 Å². The van der Waals surface area contributed by atoms with Gasteiger partial charge in [0.05, 0.1) is 6.20 Å². The number of carbonyl (C=O) groups excluding carboxylic acids is 1. The smallest absolute Gasteiger partial charge is 0.263 e. The molecule has 0 aliphatic carbocycles. The van der Waals surface area contributed by atoms with Gasteiger partial charge in [-0.25, -0.2) is 4.98 Å². The number of hydrogen-bond donors (Lipinski definition) is 1. The van der Waals surface area contributed by atoms with Crippen LogP contribution in [-0.4, -0.2) is 23.2 Å². The summed E-state index contributed by atoms with van der Waals surface area (Å²) in [6.45, 7) is 2.68. The first-order chi connectivity index (χ1) is 7.77. The van der Waals surface area contributed by atoms with E-state index in [1.165, 1.54) is 11.3 Å². The number of thiazole rings is 1. The Morgan fingerprint density at radius 2 is 2.56 bits per heavy atom. The van der Waals surface area contributed by atoms with Crippen LogP contribution in [0.15, 0.2) is 10.5 Å². The van der Waals surface area contributed by atoms with Gasteiger partial charge in [0.1, 0.15) is 4.88 Å². The van der Waals surface area contributed by atoms with Crippen molar-refractivity contribution in [2.24, 2.45) is 0 Å². The molecule has 0 unspecified atom stereocenters. The number of nitrogens with one attached hydrogen (secondary N) is 1. The van der Waals surface area contributed by atoms with E-state index in [1.807, 2.05) is 0 Å². The highest BCUT2D eigenvalue weighted by Crippen LogP contribution is 2.23. The van der Waals surface area contributed by atoms with Gasteiger partial charge in [0.15, 0.2) is 4.34 Å². The fourth-order valence-electron chi connectivity index (χ4n) is 1.03. The summed E-state index contributed by atoms with van der Waals surface area (Å²) in [7, 11) is 0. The molecule has 1 aromatic rings. The molecular formula is C11H14N2OS2. The fourth-order valence-corrected chi connectivity index (χ4v) is 2.83. The molecular weight excluding hydrogens is 240 g/mol. The van der Waals surface area contributed by atoms with E-state index in [1.54, 1.807) is 18.0 Å². The highest BCUT2D eigenvalue weighted by atomic mass is 32.2. The summed E-state index contributed by atoms with van der Waals surface area (Å²) in [5.41, 5.74) is 0. The van der Waals surface area contributed by atoms with Gasteiger partial charge in [0.2, 0.25) is 0 Å². The fraction of sp³-hybridized carbons (Fsp3) is 0.455. The van der Waals surface area contributed by atoms with Gasteiger partial charge < -0.3 is 5.32 Å². The highest BCUT2D eigenvalue weighted by Gasteiger charge is 2.09. The van der Waals surface area contributed by atoms with Crippen molar-refractivity contribution in [1.82, 2.24) is 10.3 Å². The molecule has 0 atom stereocenters. The molecule has 0 aliphatic heterocycles. The summed E-state index contributed by atoms with van der Waals surface area (Å²) in [5.74, 6) is 3.45. The van der Waals surface area contributed by atoms with Gasteiger partial charge in [-0.2, -0.15) is 0 Å². The maximum absolute atomic E-state index is 11.6. The minimum absolute atomic E-state index is 0.0579. The highest BCUT2D eigenvalue weighted by molar-refractivity contribution is 8.01. The zero-order valence-corrected chi connectivity index (χ0v) is 10.8. The molecule has 1 heterocycles. The second kappa shape index (κ2) is 7.31. The van der Waals surface area contributed by atoms with Crippen molar-refractivity contribution in [3.05, 3.63) is 11.1 Å². The average molecular weight is 254 g/mol. The largest absolute Gasteiger partial charge is 0.351 e. The minimum Gasteiger partial charge on any atom is -0.351 e. The Bertz CT molecular complexity index is 382. The SMILES string of the molecule is C#CCCCNC(=O)c1cnc(SCC)s1. The van der Waals surface area contributed by atoms with Crippen LogP contribution in [0, 0.1) is 12.3 Å². The predicted molar refractivity (Wildman–Crippen MR) is 68.9 cm³/mol. The lowest BCUT2D eigenvalue weighted by Gasteiger charge is -2.00. The Morgan fingerprint density at radius 1 is 1.75 bits per heavy atom. The third kappa shape index (κ3) is 4.25. The monoisotopic (exact) mass is 254 g/mol. The van der Waals surface area contributed by atoms with Gasteiger partial charge in [-0.15, -0.1) is 23.7 Å². The van der Waals surface area contributed by atoms with Crippen LogP contribution in [0.4, 0.5) is 0 Å². The summed E-state index contributed by atoms with van der Waals surface area (Å²) < 4.78 is 0.941. The number of carbonyl (C=O) groups is 1. The maximum atomic E-state index is 11.6. The second-order valence-electron chi connectivity index (χ2n) is 2.99. The van der Waals surface area contributed by atoms with Gasteiger partial charge >= 0.3 is 0 Å². The van der Waals surface area contributed by atoms with Crippen LogP contribution in [0.5, 0.6) is 0 Å². The number of nitrogens with zero attached hydrogens (tertiary/aromatic N) is 1. The minimum atomic E-state index is -0.0579. The van der Waals surface area contributed by atoms with Crippen LogP contribution in [0.2, 0.25) is 0 Å². The van der Waals surface area contributed by atoms with Gasteiger partial charge in [-0.05, 0) is 12.2 Å².